The Morgan fingerprint density at radius 1 is 1.00 bits per heavy atom. The molecular formula is C31H41FN6O6S. The Labute approximate surface area is 263 Å². The molecule has 0 aliphatic carbocycles. The Kier molecular flexibility index (Phi) is 11.7. The van der Waals surface area contributed by atoms with Gasteiger partial charge >= 0.3 is 12.1 Å². The number of hydrogen-bond donors (Lipinski definition) is 2. The molecule has 0 aliphatic heterocycles. The summed E-state index contributed by atoms with van der Waals surface area (Å²) in [5, 5.41) is 6.02. The van der Waals surface area contributed by atoms with Crippen LogP contribution >= 0.6 is 0 Å². The molecule has 1 amide bonds. The molecule has 0 fully saturated rings. The highest BCUT2D eigenvalue weighted by Crippen LogP contribution is 2.26. The molecule has 0 aliphatic rings. The number of hydrogen-bond acceptors (Lipinski definition) is 11. The molecule has 3 rings (SSSR count). The molecule has 1 atom stereocenters. The third kappa shape index (κ3) is 10.3. The number of sulfone groups is 1. The number of esters is 1. The van der Waals surface area contributed by atoms with Gasteiger partial charge < -0.3 is 29.9 Å². The van der Waals surface area contributed by atoms with Gasteiger partial charge in [-0.05, 0) is 76.6 Å². The molecule has 0 saturated heterocycles. The molecule has 12 nitrogen and oxygen atoms in total. The Hall–Kier alpha value is -4.46. The second-order valence-electron chi connectivity index (χ2n) is 11.3. The van der Waals surface area contributed by atoms with Crippen LogP contribution in [0.4, 0.5) is 26.6 Å². The molecule has 1 aromatic heterocycles. The van der Waals surface area contributed by atoms with Gasteiger partial charge in [0.05, 0.1) is 16.8 Å². The first kappa shape index (κ1) is 35.0. The Morgan fingerprint density at radius 3 is 2.18 bits per heavy atom. The van der Waals surface area contributed by atoms with Gasteiger partial charge in [-0.2, -0.15) is 4.98 Å². The van der Waals surface area contributed by atoms with E-state index in [4.69, 9.17) is 9.47 Å². The van der Waals surface area contributed by atoms with Crippen LogP contribution < -0.4 is 20.3 Å². The summed E-state index contributed by atoms with van der Waals surface area (Å²) in [6.45, 7) is 10.4. The summed E-state index contributed by atoms with van der Waals surface area (Å²) in [5.74, 6) is -0.735. The lowest BCUT2D eigenvalue weighted by molar-refractivity contribution is -0.155. The van der Waals surface area contributed by atoms with Gasteiger partial charge in [0, 0.05) is 33.6 Å². The number of halogens is 1. The number of ether oxygens (including phenoxy) is 2. The monoisotopic (exact) mass is 644 g/mol. The second kappa shape index (κ2) is 15.0. The summed E-state index contributed by atoms with van der Waals surface area (Å²) in [4.78, 5) is 37.6. The molecular weight excluding hydrogens is 603 g/mol. The van der Waals surface area contributed by atoms with E-state index in [0.717, 1.165) is 17.7 Å². The Bertz CT molecular complexity index is 1560. The van der Waals surface area contributed by atoms with Crippen LogP contribution in [-0.4, -0.2) is 80.1 Å². The van der Waals surface area contributed by atoms with E-state index in [2.05, 4.69) is 20.6 Å². The fraction of sp³-hybridized carbons (Fsp3) is 0.419. The zero-order chi connectivity index (χ0) is 33.4. The summed E-state index contributed by atoms with van der Waals surface area (Å²) in [6.07, 6.45) is 1.09. The number of nitrogens with one attached hydrogen (secondary N) is 2. The molecule has 14 heteroatoms. The maximum absolute atomic E-state index is 13.5. The van der Waals surface area contributed by atoms with Crippen molar-refractivity contribution in [2.75, 3.05) is 48.6 Å². The molecule has 0 saturated carbocycles. The average molecular weight is 645 g/mol. The van der Waals surface area contributed by atoms with Crippen molar-refractivity contribution in [2.45, 2.75) is 57.6 Å². The van der Waals surface area contributed by atoms with E-state index >= 15 is 0 Å². The quantitative estimate of drug-likeness (QED) is 0.197. The summed E-state index contributed by atoms with van der Waals surface area (Å²) < 4.78 is 50.4. The molecule has 45 heavy (non-hydrogen) atoms. The molecule has 2 N–H and O–H groups in total. The first-order valence-corrected chi connectivity index (χ1v) is 16.1. The van der Waals surface area contributed by atoms with E-state index in [-0.39, 0.29) is 22.8 Å². The zero-order valence-corrected chi connectivity index (χ0v) is 27.4. The third-order valence-electron chi connectivity index (χ3n) is 6.38. The van der Waals surface area contributed by atoms with E-state index in [9.17, 15) is 22.4 Å². The highest BCUT2D eigenvalue weighted by molar-refractivity contribution is 7.91. The minimum absolute atomic E-state index is 0.0575. The highest BCUT2D eigenvalue weighted by Gasteiger charge is 2.28. The summed E-state index contributed by atoms with van der Waals surface area (Å²) in [6, 6.07) is 10.3. The van der Waals surface area contributed by atoms with Crippen LogP contribution in [0.2, 0.25) is 0 Å². The first-order chi connectivity index (χ1) is 21.1. The van der Waals surface area contributed by atoms with Crippen LogP contribution in [0.3, 0.4) is 0 Å². The molecule has 244 valence electrons. The van der Waals surface area contributed by atoms with Crippen LogP contribution in [0.1, 0.15) is 40.2 Å². The molecule has 0 bridgehead atoms. The number of carbonyl (C=O) groups excluding carboxylic acids is 2. The Morgan fingerprint density at radius 2 is 1.62 bits per heavy atom. The normalized spacial score (nSPS) is 12.2. The standard InChI is InChI=1S/C31H41FN6O6S/c1-8-38(9-2)29-33-19-26(34-20-45(41,42)24-16-12-22(32)13-17-24)27(36-29)35-25(28(39)44-31(3,4)5)18-21-10-14-23(15-11-21)43-30(40)37(6)7/h10-17,19,25,34H,8-9,18,20H2,1-7H3,(H,33,35,36). The van der Waals surface area contributed by atoms with E-state index in [1.54, 1.807) is 59.1 Å². The number of benzene rings is 2. The SMILES string of the molecule is CCN(CC)c1ncc(NCS(=O)(=O)c2ccc(F)cc2)c(NC(Cc2ccc(OC(=O)N(C)C)cc2)C(=O)OC(C)(C)C)n1. The van der Waals surface area contributed by atoms with Gasteiger partial charge in [0.15, 0.2) is 15.7 Å². The molecule has 0 radical (unpaired) electrons. The molecule has 3 aromatic rings. The van der Waals surface area contributed by atoms with Gasteiger partial charge in [0.1, 0.15) is 29.1 Å². The Balaban J connectivity index is 1.95. The molecule has 2 aromatic carbocycles. The molecule has 1 heterocycles. The number of carbonyl (C=O) groups is 2. The first-order valence-electron chi connectivity index (χ1n) is 14.4. The lowest BCUT2D eigenvalue weighted by atomic mass is 10.1. The minimum Gasteiger partial charge on any atom is -0.458 e. The van der Waals surface area contributed by atoms with Crippen molar-refractivity contribution in [3.05, 3.63) is 66.1 Å². The fourth-order valence-electron chi connectivity index (χ4n) is 4.02. The van der Waals surface area contributed by atoms with Crippen molar-refractivity contribution in [1.82, 2.24) is 14.9 Å². The van der Waals surface area contributed by atoms with E-state index in [1.165, 1.54) is 23.2 Å². The predicted molar refractivity (Wildman–Crippen MR) is 171 cm³/mol. The topological polar surface area (TPSA) is 143 Å². The number of amides is 1. The largest absolute Gasteiger partial charge is 0.458 e. The molecule has 0 spiro atoms. The summed E-state index contributed by atoms with van der Waals surface area (Å²) >= 11 is 0. The van der Waals surface area contributed by atoms with Gasteiger partial charge in [0.25, 0.3) is 0 Å². The minimum atomic E-state index is -3.87. The van der Waals surface area contributed by atoms with Gasteiger partial charge in [-0.3, -0.25) is 0 Å². The van der Waals surface area contributed by atoms with Crippen LogP contribution in [-0.2, 0) is 25.8 Å². The summed E-state index contributed by atoms with van der Waals surface area (Å²) in [5.41, 5.74) is 0.175. The maximum atomic E-state index is 13.5. The van der Waals surface area contributed by atoms with E-state index in [1.807, 2.05) is 18.7 Å². The third-order valence-corrected chi connectivity index (χ3v) is 7.90. The van der Waals surface area contributed by atoms with Crippen LogP contribution in [0, 0.1) is 5.82 Å². The highest BCUT2D eigenvalue weighted by atomic mass is 32.2. The lowest BCUT2D eigenvalue weighted by Crippen LogP contribution is -2.38. The van der Waals surface area contributed by atoms with Gasteiger partial charge in [-0.25, -0.2) is 27.4 Å². The second-order valence-corrected chi connectivity index (χ2v) is 13.3. The number of aromatic nitrogens is 2. The smallest absolute Gasteiger partial charge is 0.414 e. The van der Waals surface area contributed by atoms with Crippen LogP contribution in [0.5, 0.6) is 5.75 Å². The van der Waals surface area contributed by atoms with E-state index < -0.39 is 45.2 Å². The van der Waals surface area contributed by atoms with Crippen molar-refractivity contribution in [2.24, 2.45) is 0 Å². The van der Waals surface area contributed by atoms with Crippen molar-refractivity contribution in [3.63, 3.8) is 0 Å². The number of rotatable bonds is 13. The van der Waals surface area contributed by atoms with Crippen molar-refractivity contribution in [3.8, 4) is 5.75 Å². The average Bonchev–Trinajstić information content (AvgIpc) is 2.97. The lowest BCUT2D eigenvalue weighted by Gasteiger charge is -2.26. The fourth-order valence-corrected chi connectivity index (χ4v) is 5.08. The van der Waals surface area contributed by atoms with E-state index in [0.29, 0.717) is 24.8 Å². The number of anilines is 3. The van der Waals surface area contributed by atoms with Crippen molar-refractivity contribution in [1.29, 1.82) is 0 Å². The predicted octanol–water partition coefficient (Wildman–Crippen LogP) is 4.73. The maximum Gasteiger partial charge on any atom is 0.414 e. The summed E-state index contributed by atoms with van der Waals surface area (Å²) in [7, 11) is -0.711. The van der Waals surface area contributed by atoms with Gasteiger partial charge in [0.2, 0.25) is 5.95 Å². The van der Waals surface area contributed by atoms with Crippen LogP contribution in [0.25, 0.3) is 0 Å². The van der Waals surface area contributed by atoms with Gasteiger partial charge in [-0.15, -0.1) is 0 Å². The van der Waals surface area contributed by atoms with Crippen molar-refractivity contribution >= 4 is 39.4 Å². The van der Waals surface area contributed by atoms with Crippen molar-refractivity contribution < 1.29 is 31.9 Å². The zero-order valence-electron chi connectivity index (χ0n) is 26.6. The molecule has 1 unspecified atom stereocenters. The van der Waals surface area contributed by atoms with Gasteiger partial charge in [-0.1, -0.05) is 12.1 Å². The number of nitrogens with zero attached hydrogens (tertiary/aromatic N) is 4. The van der Waals surface area contributed by atoms with Crippen LogP contribution in [0.15, 0.2) is 59.6 Å².